The molecule has 3 aromatic rings. The van der Waals surface area contributed by atoms with Crippen molar-refractivity contribution >= 4 is 29.0 Å². The van der Waals surface area contributed by atoms with Gasteiger partial charge in [-0.15, -0.1) is 12.4 Å². The molecule has 0 aliphatic rings. The van der Waals surface area contributed by atoms with Gasteiger partial charge in [-0.2, -0.15) is 0 Å². The van der Waals surface area contributed by atoms with Gasteiger partial charge in [0.25, 0.3) is 0 Å². The number of nitrogens with zero attached hydrogens (tertiary/aromatic N) is 1. The molecule has 0 aliphatic carbocycles. The Bertz CT molecular complexity index is 902. The highest BCUT2D eigenvalue weighted by Crippen LogP contribution is 2.23. The smallest absolute Gasteiger partial charge is 0.165 e. The first-order valence-corrected chi connectivity index (χ1v) is 9.92. The molecule has 0 radical (unpaired) electrons. The number of fused-ring (bicyclic) bond motifs is 1. The number of aliphatic hydroxyl groups is 1. The van der Waals surface area contributed by atoms with E-state index in [-0.39, 0.29) is 24.1 Å². The van der Waals surface area contributed by atoms with Crippen LogP contribution in [0.25, 0.3) is 10.8 Å². The number of halogens is 1. The molecule has 0 spiro atoms. The average molecular weight is 413 g/mol. The van der Waals surface area contributed by atoms with Crippen molar-refractivity contribution in [1.82, 2.24) is 10.3 Å². The maximum Gasteiger partial charge on any atom is 0.165 e. The van der Waals surface area contributed by atoms with Crippen LogP contribution in [0.3, 0.4) is 0 Å². The number of aromatic nitrogens is 1. The van der Waals surface area contributed by atoms with Crippen LogP contribution in [-0.2, 0) is 11.3 Å². The molecule has 0 fully saturated rings. The van der Waals surface area contributed by atoms with Gasteiger partial charge in [0.2, 0.25) is 0 Å². The number of carbonyl (C=O) groups excluding carboxylic acids is 1. The highest BCUT2D eigenvalue weighted by molar-refractivity contribution is 5.86. The predicted molar refractivity (Wildman–Crippen MR) is 120 cm³/mol. The number of Topliss-reactive ketones (excluding diaryl/α,β-unsaturated/α-hetero) is 1. The molecular formula is C24H29ClN2O2. The third-order valence-electron chi connectivity index (χ3n) is 5.24. The van der Waals surface area contributed by atoms with E-state index in [1.165, 1.54) is 10.9 Å². The summed E-state index contributed by atoms with van der Waals surface area (Å²) in [6, 6.07) is 18.6. The number of aliphatic hydroxyl groups excluding tert-OH is 1. The molecule has 0 saturated carbocycles. The topological polar surface area (TPSA) is 62.2 Å². The van der Waals surface area contributed by atoms with E-state index in [2.05, 4.69) is 35.4 Å². The third kappa shape index (κ3) is 6.64. The van der Waals surface area contributed by atoms with E-state index >= 15 is 0 Å². The van der Waals surface area contributed by atoms with Crippen molar-refractivity contribution in [3.8, 4) is 0 Å². The number of carbonyl (C=O) groups is 1. The largest absolute Gasteiger partial charge is 0.389 e. The zero-order valence-electron chi connectivity index (χ0n) is 16.8. The zero-order chi connectivity index (χ0) is 19.8. The maximum absolute atomic E-state index is 12.1. The van der Waals surface area contributed by atoms with E-state index < -0.39 is 6.61 Å². The van der Waals surface area contributed by atoms with E-state index in [0.717, 1.165) is 36.8 Å². The van der Waals surface area contributed by atoms with Gasteiger partial charge in [-0.1, -0.05) is 48.9 Å². The number of rotatable bonds is 10. The highest BCUT2D eigenvalue weighted by atomic mass is 35.5. The van der Waals surface area contributed by atoms with Crippen molar-refractivity contribution in [3.63, 3.8) is 0 Å². The minimum atomic E-state index is -0.398. The van der Waals surface area contributed by atoms with Crippen molar-refractivity contribution in [2.24, 2.45) is 0 Å². The Hall–Kier alpha value is -2.27. The monoisotopic (exact) mass is 412 g/mol. The number of ketones is 1. The molecular weight excluding hydrogens is 384 g/mol. The molecule has 2 atom stereocenters. The molecule has 0 aliphatic heterocycles. The Labute approximate surface area is 178 Å². The average Bonchev–Trinajstić information content (AvgIpc) is 2.75. The summed E-state index contributed by atoms with van der Waals surface area (Å²) in [7, 11) is 0. The van der Waals surface area contributed by atoms with Crippen LogP contribution in [0.4, 0.5) is 0 Å². The number of benzene rings is 2. The molecule has 0 amide bonds. The summed E-state index contributed by atoms with van der Waals surface area (Å²) in [5.74, 6) is -0.315. The number of hydrogen-bond acceptors (Lipinski definition) is 4. The molecule has 5 heteroatoms. The van der Waals surface area contributed by atoms with Crippen LogP contribution in [0.5, 0.6) is 0 Å². The van der Waals surface area contributed by atoms with Crippen molar-refractivity contribution in [3.05, 3.63) is 78.1 Å². The van der Waals surface area contributed by atoms with Crippen LogP contribution in [0, 0.1) is 0 Å². The molecule has 2 aromatic carbocycles. The maximum atomic E-state index is 12.1. The Morgan fingerprint density at radius 3 is 2.62 bits per heavy atom. The fourth-order valence-corrected chi connectivity index (χ4v) is 3.57. The van der Waals surface area contributed by atoms with Crippen LogP contribution < -0.4 is 5.32 Å². The first-order chi connectivity index (χ1) is 13.7. The lowest BCUT2D eigenvalue weighted by Crippen LogP contribution is -2.26. The van der Waals surface area contributed by atoms with Crippen LogP contribution >= 0.6 is 12.4 Å². The highest BCUT2D eigenvalue weighted by Gasteiger charge is 2.19. The number of pyridine rings is 1. The van der Waals surface area contributed by atoms with Gasteiger partial charge >= 0.3 is 0 Å². The van der Waals surface area contributed by atoms with Gasteiger partial charge in [0.15, 0.2) is 5.78 Å². The Balaban J connectivity index is 0.00000300. The van der Waals surface area contributed by atoms with Crippen molar-refractivity contribution in [1.29, 1.82) is 0 Å². The first-order valence-electron chi connectivity index (χ1n) is 9.92. The molecule has 3 rings (SSSR count). The molecule has 0 saturated heterocycles. The summed E-state index contributed by atoms with van der Waals surface area (Å²) in [4.78, 5) is 16.3. The standard InChI is InChI=1S/C24H28N2O2.ClH/c1-18(26-15-19-10-11-22-16-25-13-12-21(22)14-19)6-5-9-23(24(28)17-27)20-7-3-2-4-8-20;/h2-4,7-8,10-14,16,18,23,26-27H,5-6,9,15,17H2,1H3;1H/t18-,23?;/m1./s1. The van der Waals surface area contributed by atoms with Crippen molar-refractivity contribution in [2.75, 3.05) is 6.61 Å². The zero-order valence-corrected chi connectivity index (χ0v) is 17.6. The summed E-state index contributed by atoms with van der Waals surface area (Å²) in [6.45, 7) is 2.60. The molecule has 29 heavy (non-hydrogen) atoms. The molecule has 1 aromatic heterocycles. The van der Waals surface area contributed by atoms with Crippen molar-refractivity contribution < 1.29 is 9.90 Å². The lowest BCUT2D eigenvalue weighted by atomic mass is 9.89. The van der Waals surface area contributed by atoms with Crippen LogP contribution in [0.15, 0.2) is 67.0 Å². The molecule has 154 valence electrons. The summed E-state index contributed by atoms with van der Waals surface area (Å²) in [5.41, 5.74) is 2.25. The first kappa shape index (κ1) is 23.0. The lowest BCUT2D eigenvalue weighted by Gasteiger charge is -2.18. The summed E-state index contributed by atoms with van der Waals surface area (Å²) in [6.07, 6.45) is 6.38. The van der Waals surface area contributed by atoms with Gasteiger partial charge in [-0.05, 0) is 48.4 Å². The second kappa shape index (κ2) is 11.7. The summed E-state index contributed by atoms with van der Waals surface area (Å²) in [5, 5.41) is 15.2. The van der Waals surface area contributed by atoms with Gasteiger partial charge < -0.3 is 10.4 Å². The molecule has 0 bridgehead atoms. The predicted octanol–water partition coefficient (Wildman–Crippen LogP) is 4.65. The van der Waals surface area contributed by atoms with Gasteiger partial charge in [0, 0.05) is 36.3 Å². The number of hydrogen-bond donors (Lipinski definition) is 2. The normalized spacial score (nSPS) is 12.9. The molecule has 4 nitrogen and oxygen atoms in total. The molecule has 2 N–H and O–H groups in total. The minimum absolute atomic E-state index is 0. The molecule has 1 unspecified atom stereocenters. The van der Waals surface area contributed by atoms with Crippen molar-refractivity contribution in [2.45, 2.75) is 44.7 Å². The number of nitrogens with one attached hydrogen (secondary N) is 1. The minimum Gasteiger partial charge on any atom is -0.389 e. The van der Waals surface area contributed by atoms with Gasteiger partial charge in [0.05, 0.1) is 0 Å². The SMILES string of the molecule is C[C@H](CCCC(C(=O)CO)c1ccccc1)NCc1ccc2cnccc2c1.Cl. The second-order valence-corrected chi connectivity index (χ2v) is 7.36. The Morgan fingerprint density at radius 2 is 1.86 bits per heavy atom. The van der Waals surface area contributed by atoms with Gasteiger partial charge in [-0.25, -0.2) is 0 Å². The summed E-state index contributed by atoms with van der Waals surface area (Å²) < 4.78 is 0. The fraction of sp³-hybridized carbons (Fsp3) is 0.333. The van der Waals surface area contributed by atoms with Gasteiger partial charge in [0.1, 0.15) is 6.61 Å². The molecule has 1 heterocycles. The lowest BCUT2D eigenvalue weighted by molar-refractivity contribution is -0.123. The van der Waals surface area contributed by atoms with E-state index in [4.69, 9.17) is 0 Å². The van der Waals surface area contributed by atoms with Crippen LogP contribution in [0.2, 0.25) is 0 Å². The summed E-state index contributed by atoms with van der Waals surface area (Å²) >= 11 is 0. The second-order valence-electron chi connectivity index (χ2n) is 7.36. The quantitative estimate of drug-likeness (QED) is 0.508. The van der Waals surface area contributed by atoms with Gasteiger partial charge in [-0.3, -0.25) is 9.78 Å². The Morgan fingerprint density at radius 1 is 1.07 bits per heavy atom. The van der Waals surface area contributed by atoms with E-state index in [0.29, 0.717) is 6.04 Å². The fourth-order valence-electron chi connectivity index (χ4n) is 3.57. The van der Waals surface area contributed by atoms with E-state index in [9.17, 15) is 9.90 Å². The van der Waals surface area contributed by atoms with Crippen LogP contribution in [-0.4, -0.2) is 28.5 Å². The Kier molecular flexibility index (Phi) is 9.26. The van der Waals surface area contributed by atoms with Crippen LogP contribution in [0.1, 0.15) is 43.2 Å². The third-order valence-corrected chi connectivity index (χ3v) is 5.24. The van der Waals surface area contributed by atoms with E-state index in [1.807, 2.05) is 48.8 Å². The van der Waals surface area contributed by atoms with E-state index in [1.54, 1.807) is 0 Å².